The molecule has 1 aliphatic carbocycles. The molecule has 4 atom stereocenters. The Morgan fingerprint density at radius 1 is 1.22 bits per heavy atom. The molecule has 1 unspecified atom stereocenters. The highest BCUT2D eigenvalue weighted by Crippen LogP contribution is 2.52. The standard InChI is InChI=1S/C29H37N5O3/c1-5-29(6-2)16-24(35)34(27(30)33-29)25(18-10-9-13-31-17-18)20-14-21(20)26(36)32-22-15-28(3,4)37-23-12-8-7-11-19(22)23/h7-13,17,20-22,25H,5-6,14-16H2,1-4H3,(H2,30,33)(H,32,36)/t20?,21-,22-,25+/m0/s1. The van der Waals surface area contributed by atoms with Crippen molar-refractivity contribution in [2.45, 2.75) is 83.0 Å². The number of nitrogens with one attached hydrogen (secondary N) is 1. The van der Waals surface area contributed by atoms with E-state index in [-0.39, 0.29) is 47.3 Å². The lowest BCUT2D eigenvalue weighted by molar-refractivity contribution is -0.132. The molecule has 1 fully saturated rings. The first kappa shape index (κ1) is 25.2. The molecule has 3 heterocycles. The molecule has 37 heavy (non-hydrogen) atoms. The molecule has 2 aliphatic heterocycles. The largest absolute Gasteiger partial charge is 0.487 e. The highest BCUT2D eigenvalue weighted by molar-refractivity contribution is 5.99. The number of ether oxygens (including phenoxy) is 1. The van der Waals surface area contributed by atoms with Gasteiger partial charge in [-0.1, -0.05) is 38.1 Å². The van der Waals surface area contributed by atoms with E-state index in [1.807, 2.05) is 64.1 Å². The van der Waals surface area contributed by atoms with Gasteiger partial charge in [0.2, 0.25) is 11.8 Å². The maximum atomic E-state index is 13.5. The second-order valence-corrected chi connectivity index (χ2v) is 11.2. The van der Waals surface area contributed by atoms with Crippen molar-refractivity contribution in [1.82, 2.24) is 15.2 Å². The Balaban J connectivity index is 1.40. The molecule has 0 spiro atoms. The van der Waals surface area contributed by atoms with E-state index in [1.165, 1.54) is 0 Å². The van der Waals surface area contributed by atoms with Crippen LogP contribution in [0.15, 0.2) is 53.8 Å². The van der Waals surface area contributed by atoms with Gasteiger partial charge < -0.3 is 15.8 Å². The monoisotopic (exact) mass is 503 g/mol. The van der Waals surface area contributed by atoms with E-state index in [0.29, 0.717) is 19.3 Å². The van der Waals surface area contributed by atoms with Gasteiger partial charge in [0, 0.05) is 30.3 Å². The highest BCUT2D eigenvalue weighted by atomic mass is 16.5. The second-order valence-electron chi connectivity index (χ2n) is 11.2. The molecule has 1 aromatic heterocycles. The van der Waals surface area contributed by atoms with E-state index in [0.717, 1.165) is 29.7 Å². The van der Waals surface area contributed by atoms with Crippen molar-refractivity contribution in [3.8, 4) is 5.75 Å². The molecule has 5 rings (SSSR count). The zero-order chi connectivity index (χ0) is 26.4. The lowest BCUT2D eigenvalue weighted by atomic mass is 9.87. The van der Waals surface area contributed by atoms with Gasteiger partial charge in [0.15, 0.2) is 5.96 Å². The van der Waals surface area contributed by atoms with Crippen LogP contribution < -0.4 is 15.8 Å². The molecule has 3 aliphatic rings. The van der Waals surface area contributed by atoms with Crippen LogP contribution in [0.3, 0.4) is 0 Å². The summed E-state index contributed by atoms with van der Waals surface area (Å²) in [6, 6.07) is 11.2. The Labute approximate surface area is 218 Å². The summed E-state index contributed by atoms with van der Waals surface area (Å²) in [6.45, 7) is 8.16. The smallest absolute Gasteiger partial charge is 0.232 e. The first-order valence-corrected chi connectivity index (χ1v) is 13.3. The molecule has 1 saturated carbocycles. The van der Waals surface area contributed by atoms with Gasteiger partial charge in [-0.15, -0.1) is 0 Å². The number of fused-ring (bicyclic) bond motifs is 1. The third kappa shape index (κ3) is 4.81. The number of carbonyl (C=O) groups is 2. The van der Waals surface area contributed by atoms with Crippen molar-refractivity contribution in [2.24, 2.45) is 22.6 Å². The molecular formula is C29H37N5O3. The average Bonchev–Trinajstić information content (AvgIpc) is 3.66. The van der Waals surface area contributed by atoms with Crippen LogP contribution in [0.5, 0.6) is 5.75 Å². The number of benzene rings is 1. The highest BCUT2D eigenvalue weighted by Gasteiger charge is 2.53. The number of hydrogen-bond acceptors (Lipinski definition) is 6. The summed E-state index contributed by atoms with van der Waals surface area (Å²) >= 11 is 0. The van der Waals surface area contributed by atoms with Gasteiger partial charge in [0.1, 0.15) is 11.4 Å². The number of aliphatic imine (C=N–C) groups is 1. The van der Waals surface area contributed by atoms with Crippen LogP contribution in [0.1, 0.15) is 83.0 Å². The van der Waals surface area contributed by atoms with Crippen LogP contribution in [0.2, 0.25) is 0 Å². The van der Waals surface area contributed by atoms with Crippen molar-refractivity contribution in [1.29, 1.82) is 0 Å². The Morgan fingerprint density at radius 2 is 1.97 bits per heavy atom. The average molecular weight is 504 g/mol. The van der Waals surface area contributed by atoms with Crippen LogP contribution >= 0.6 is 0 Å². The quantitative estimate of drug-likeness (QED) is 0.586. The summed E-state index contributed by atoms with van der Waals surface area (Å²) in [7, 11) is 0. The summed E-state index contributed by atoms with van der Waals surface area (Å²) < 4.78 is 6.13. The minimum absolute atomic E-state index is 0.00664. The first-order valence-electron chi connectivity index (χ1n) is 13.3. The van der Waals surface area contributed by atoms with Crippen molar-refractivity contribution in [2.75, 3.05) is 0 Å². The fourth-order valence-electron chi connectivity index (χ4n) is 6.00. The van der Waals surface area contributed by atoms with Gasteiger partial charge in [0.05, 0.1) is 24.0 Å². The summed E-state index contributed by atoms with van der Waals surface area (Å²) in [6.07, 6.45) is 6.63. The molecule has 8 heteroatoms. The Hall–Kier alpha value is -3.42. The third-order valence-electron chi connectivity index (χ3n) is 8.24. The number of aromatic nitrogens is 1. The summed E-state index contributed by atoms with van der Waals surface area (Å²) in [5.74, 6) is 0.695. The predicted molar refractivity (Wildman–Crippen MR) is 142 cm³/mol. The summed E-state index contributed by atoms with van der Waals surface area (Å²) in [4.78, 5) is 37.8. The molecule has 3 N–H and O–H groups in total. The lowest BCUT2D eigenvalue weighted by Crippen LogP contribution is -2.53. The predicted octanol–water partition coefficient (Wildman–Crippen LogP) is 4.28. The number of para-hydroxylation sites is 1. The number of nitrogens with two attached hydrogens (primary N) is 1. The SMILES string of the molecule is CCC1(CC)CC(=O)N([C@H](c2cccnc2)C2C[C@@H]2C(=O)N[C@H]2CC(C)(C)Oc3ccccc32)C(N)=N1. The molecule has 8 nitrogen and oxygen atoms in total. The zero-order valence-corrected chi connectivity index (χ0v) is 22.1. The molecule has 0 saturated heterocycles. The number of hydrogen-bond donors (Lipinski definition) is 2. The molecule has 1 aromatic carbocycles. The normalized spacial score (nSPS) is 26.4. The Kier molecular flexibility index (Phi) is 6.46. The number of rotatable bonds is 7. The molecule has 0 bridgehead atoms. The maximum Gasteiger partial charge on any atom is 0.232 e. The number of pyridine rings is 1. The molecule has 2 amide bonds. The van der Waals surface area contributed by atoms with Gasteiger partial charge in [-0.3, -0.25) is 19.5 Å². The molecule has 2 aromatic rings. The van der Waals surface area contributed by atoms with Crippen molar-refractivity contribution in [3.63, 3.8) is 0 Å². The van der Waals surface area contributed by atoms with Crippen molar-refractivity contribution < 1.29 is 14.3 Å². The van der Waals surface area contributed by atoms with E-state index in [4.69, 9.17) is 15.5 Å². The van der Waals surface area contributed by atoms with Crippen LogP contribution in [-0.4, -0.2) is 38.8 Å². The minimum atomic E-state index is -0.458. The van der Waals surface area contributed by atoms with E-state index >= 15 is 0 Å². The Bertz CT molecular complexity index is 1210. The van der Waals surface area contributed by atoms with E-state index in [9.17, 15) is 9.59 Å². The molecule has 0 radical (unpaired) electrons. The van der Waals surface area contributed by atoms with Gasteiger partial charge in [0.25, 0.3) is 0 Å². The molecular weight excluding hydrogens is 466 g/mol. The lowest BCUT2D eigenvalue weighted by Gasteiger charge is -2.40. The minimum Gasteiger partial charge on any atom is -0.487 e. The third-order valence-corrected chi connectivity index (χ3v) is 8.24. The van der Waals surface area contributed by atoms with Crippen molar-refractivity contribution in [3.05, 3.63) is 59.9 Å². The summed E-state index contributed by atoms with van der Waals surface area (Å²) in [5, 5.41) is 3.29. The number of carbonyl (C=O) groups excluding carboxylic acids is 2. The first-order chi connectivity index (χ1) is 17.7. The van der Waals surface area contributed by atoms with E-state index in [1.54, 1.807) is 17.3 Å². The van der Waals surface area contributed by atoms with Crippen LogP contribution in [0.4, 0.5) is 0 Å². The topological polar surface area (TPSA) is 110 Å². The fourth-order valence-corrected chi connectivity index (χ4v) is 6.00. The second kappa shape index (κ2) is 9.47. The number of guanidine groups is 1. The summed E-state index contributed by atoms with van der Waals surface area (Å²) in [5.41, 5.74) is 7.49. The zero-order valence-electron chi connectivity index (χ0n) is 22.1. The Morgan fingerprint density at radius 3 is 2.65 bits per heavy atom. The van der Waals surface area contributed by atoms with Crippen molar-refractivity contribution >= 4 is 17.8 Å². The molecule has 196 valence electrons. The van der Waals surface area contributed by atoms with Gasteiger partial charge in [-0.25, -0.2) is 4.99 Å². The van der Waals surface area contributed by atoms with E-state index in [2.05, 4.69) is 10.3 Å². The number of nitrogens with zero attached hydrogens (tertiary/aromatic N) is 3. The van der Waals surface area contributed by atoms with Gasteiger partial charge in [-0.05, 0) is 56.7 Å². The van der Waals surface area contributed by atoms with Crippen LogP contribution in [0.25, 0.3) is 0 Å². The fraction of sp³-hybridized carbons (Fsp3) is 0.517. The van der Waals surface area contributed by atoms with Crippen LogP contribution in [-0.2, 0) is 9.59 Å². The number of amides is 2. The maximum absolute atomic E-state index is 13.5. The van der Waals surface area contributed by atoms with E-state index < -0.39 is 5.54 Å². The van der Waals surface area contributed by atoms with Gasteiger partial charge in [-0.2, -0.15) is 0 Å². The van der Waals surface area contributed by atoms with Gasteiger partial charge >= 0.3 is 0 Å². The van der Waals surface area contributed by atoms with Crippen LogP contribution in [0, 0.1) is 11.8 Å².